The molecule has 0 bridgehead atoms. The first-order valence-corrected chi connectivity index (χ1v) is 10.7. The van der Waals surface area contributed by atoms with Crippen molar-refractivity contribution >= 4 is 34.7 Å². The number of morpholine rings is 1. The zero-order chi connectivity index (χ0) is 23.0. The Morgan fingerprint density at radius 1 is 0.938 bits per heavy atom. The minimum absolute atomic E-state index is 0.0785. The van der Waals surface area contributed by atoms with E-state index in [1.54, 1.807) is 49.6 Å². The highest BCUT2D eigenvalue weighted by atomic mass is 35.5. The average Bonchev–Trinajstić information content (AvgIpc) is 3.03. The van der Waals surface area contributed by atoms with Crippen LogP contribution in [0.25, 0.3) is 5.57 Å². The summed E-state index contributed by atoms with van der Waals surface area (Å²) in [5, 5.41) is 0.551. The summed E-state index contributed by atoms with van der Waals surface area (Å²) >= 11 is 6.07. The number of benzene rings is 2. The van der Waals surface area contributed by atoms with Crippen LogP contribution in [-0.4, -0.2) is 56.2 Å². The fraction of sp³-hybridized carbons (Fsp3) is 0.333. The molecule has 2 atom stereocenters. The predicted molar refractivity (Wildman–Crippen MR) is 122 cm³/mol. The Morgan fingerprint density at radius 3 is 2.19 bits per heavy atom. The number of imide groups is 1. The lowest BCUT2D eigenvalue weighted by Gasteiger charge is -2.37. The molecule has 0 N–H and O–H groups in total. The highest BCUT2D eigenvalue weighted by Gasteiger charge is 2.44. The number of rotatable bonds is 5. The third-order valence-electron chi connectivity index (χ3n) is 5.56. The molecular formula is C24H25ClN2O5. The van der Waals surface area contributed by atoms with Crippen molar-refractivity contribution in [3.8, 4) is 11.5 Å². The number of hydrogen-bond acceptors (Lipinski definition) is 6. The van der Waals surface area contributed by atoms with Gasteiger partial charge in [-0.15, -0.1) is 0 Å². The van der Waals surface area contributed by atoms with Crippen LogP contribution in [0, 0.1) is 0 Å². The summed E-state index contributed by atoms with van der Waals surface area (Å²) in [6.45, 7) is 4.92. The first-order chi connectivity index (χ1) is 15.3. The summed E-state index contributed by atoms with van der Waals surface area (Å²) in [6.07, 6.45) is -0.157. The quantitative estimate of drug-likeness (QED) is 0.638. The van der Waals surface area contributed by atoms with E-state index in [9.17, 15) is 9.59 Å². The summed E-state index contributed by atoms with van der Waals surface area (Å²) < 4.78 is 16.6. The normalized spacial score (nSPS) is 21.4. The molecule has 2 aromatic rings. The standard InChI is InChI=1S/C24H25ClN2O5/c1-14-12-26(13-15(2)32-14)22-21(16-5-7-17(25)8-6-16)23(28)27(24(22)29)19-10-9-18(30-3)11-20(19)31-4/h5-11,14-15H,12-13H2,1-4H3. The SMILES string of the molecule is COc1ccc(N2C(=O)C(c3ccc(Cl)cc3)=C(N3CC(C)OC(C)C3)C2=O)c(OC)c1. The van der Waals surface area contributed by atoms with Gasteiger partial charge in [0.15, 0.2) is 0 Å². The van der Waals surface area contributed by atoms with Gasteiger partial charge >= 0.3 is 0 Å². The van der Waals surface area contributed by atoms with Crippen LogP contribution in [0.4, 0.5) is 5.69 Å². The maximum atomic E-state index is 13.8. The Kier molecular flexibility index (Phi) is 6.13. The summed E-state index contributed by atoms with van der Waals surface area (Å²) in [5.41, 5.74) is 1.69. The van der Waals surface area contributed by atoms with E-state index in [4.69, 9.17) is 25.8 Å². The number of carbonyl (C=O) groups is 2. The second-order valence-electron chi connectivity index (χ2n) is 7.88. The van der Waals surface area contributed by atoms with Gasteiger partial charge in [-0.1, -0.05) is 23.7 Å². The van der Waals surface area contributed by atoms with Gasteiger partial charge in [0, 0.05) is 24.2 Å². The molecule has 2 aliphatic heterocycles. The molecule has 7 nitrogen and oxygen atoms in total. The van der Waals surface area contributed by atoms with Gasteiger partial charge in [-0.25, -0.2) is 4.90 Å². The molecule has 0 aliphatic carbocycles. The van der Waals surface area contributed by atoms with Crippen LogP contribution in [0.1, 0.15) is 19.4 Å². The van der Waals surface area contributed by atoms with Gasteiger partial charge in [0.05, 0.1) is 37.7 Å². The second kappa shape index (κ2) is 8.84. The van der Waals surface area contributed by atoms with E-state index in [0.29, 0.717) is 52.1 Å². The van der Waals surface area contributed by atoms with Crippen LogP contribution in [-0.2, 0) is 14.3 Å². The van der Waals surface area contributed by atoms with E-state index in [1.807, 2.05) is 18.7 Å². The monoisotopic (exact) mass is 456 g/mol. The first kappa shape index (κ1) is 22.2. The van der Waals surface area contributed by atoms with E-state index < -0.39 is 11.8 Å². The number of halogens is 1. The van der Waals surface area contributed by atoms with E-state index in [-0.39, 0.29) is 12.2 Å². The van der Waals surface area contributed by atoms with Crippen molar-refractivity contribution in [2.45, 2.75) is 26.1 Å². The van der Waals surface area contributed by atoms with Crippen molar-refractivity contribution in [2.75, 3.05) is 32.2 Å². The zero-order valence-corrected chi connectivity index (χ0v) is 19.2. The molecule has 0 radical (unpaired) electrons. The Hall–Kier alpha value is -3.03. The molecule has 2 unspecified atom stereocenters. The van der Waals surface area contributed by atoms with Gasteiger partial charge in [0.1, 0.15) is 17.2 Å². The van der Waals surface area contributed by atoms with Gasteiger partial charge in [-0.05, 0) is 43.7 Å². The minimum Gasteiger partial charge on any atom is -0.497 e. The number of amides is 2. The highest BCUT2D eigenvalue weighted by molar-refractivity contribution is 6.45. The minimum atomic E-state index is -0.414. The molecule has 2 aliphatic rings. The lowest BCUT2D eigenvalue weighted by atomic mass is 10.0. The van der Waals surface area contributed by atoms with Crippen LogP contribution < -0.4 is 14.4 Å². The van der Waals surface area contributed by atoms with E-state index in [2.05, 4.69) is 0 Å². The van der Waals surface area contributed by atoms with Crippen molar-refractivity contribution < 1.29 is 23.8 Å². The molecule has 4 rings (SSSR count). The summed E-state index contributed by atoms with van der Waals surface area (Å²) in [5.74, 6) is 0.116. The number of hydrogen-bond donors (Lipinski definition) is 0. The van der Waals surface area contributed by atoms with Crippen molar-refractivity contribution in [1.29, 1.82) is 0 Å². The number of anilines is 1. The maximum Gasteiger partial charge on any atom is 0.282 e. The third kappa shape index (κ3) is 3.94. The molecule has 2 heterocycles. The summed E-state index contributed by atoms with van der Waals surface area (Å²) in [4.78, 5) is 30.6. The molecule has 2 amide bonds. The van der Waals surface area contributed by atoms with Crippen LogP contribution in [0.5, 0.6) is 11.5 Å². The molecule has 0 spiro atoms. The zero-order valence-electron chi connectivity index (χ0n) is 18.4. The Morgan fingerprint density at radius 2 is 1.59 bits per heavy atom. The smallest absolute Gasteiger partial charge is 0.282 e. The summed E-state index contributed by atoms with van der Waals surface area (Å²) in [6, 6.07) is 11.9. The molecule has 168 valence electrons. The third-order valence-corrected chi connectivity index (χ3v) is 5.81. The molecule has 2 aromatic carbocycles. The van der Waals surface area contributed by atoms with E-state index >= 15 is 0 Å². The molecule has 32 heavy (non-hydrogen) atoms. The predicted octanol–water partition coefficient (Wildman–Crippen LogP) is 3.75. The van der Waals surface area contributed by atoms with Crippen molar-refractivity contribution in [3.63, 3.8) is 0 Å². The van der Waals surface area contributed by atoms with Crippen molar-refractivity contribution in [1.82, 2.24) is 4.90 Å². The van der Waals surface area contributed by atoms with Crippen LogP contribution >= 0.6 is 11.6 Å². The Bertz CT molecular complexity index is 1070. The van der Waals surface area contributed by atoms with Crippen molar-refractivity contribution in [2.24, 2.45) is 0 Å². The van der Waals surface area contributed by atoms with Gasteiger partial charge in [0.25, 0.3) is 11.8 Å². The highest BCUT2D eigenvalue weighted by Crippen LogP contribution is 2.40. The maximum absolute atomic E-state index is 13.8. The Balaban J connectivity index is 1.84. The lowest BCUT2D eigenvalue weighted by molar-refractivity contribution is -0.121. The topological polar surface area (TPSA) is 68.3 Å². The van der Waals surface area contributed by atoms with Gasteiger partial charge < -0.3 is 19.1 Å². The number of carbonyl (C=O) groups excluding carboxylic acids is 2. The number of nitrogens with zero attached hydrogens (tertiary/aromatic N) is 2. The van der Waals surface area contributed by atoms with Crippen LogP contribution in [0.15, 0.2) is 48.2 Å². The van der Waals surface area contributed by atoms with E-state index in [1.165, 1.54) is 12.0 Å². The summed E-state index contributed by atoms with van der Waals surface area (Å²) in [7, 11) is 3.03. The molecule has 0 saturated carbocycles. The average molecular weight is 457 g/mol. The lowest BCUT2D eigenvalue weighted by Crippen LogP contribution is -2.47. The van der Waals surface area contributed by atoms with Crippen LogP contribution in [0.3, 0.4) is 0 Å². The second-order valence-corrected chi connectivity index (χ2v) is 8.31. The largest absolute Gasteiger partial charge is 0.497 e. The number of ether oxygens (including phenoxy) is 3. The van der Waals surface area contributed by atoms with Gasteiger partial charge in [0.2, 0.25) is 0 Å². The molecule has 8 heteroatoms. The van der Waals surface area contributed by atoms with Gasteiger partial charge in [-0.2, -0.15) is 0 Å². The number of methoxy groups -OCH3 is 2. The Labute approximate surface area is 192 Å². The molecular weight excluding hydrogens is 432 g/mol. The van der Waals surface area contributed by atoms with Crippen molar-refractivity contribution in [3.05, 3.63) is 58.7 Å². The fourth-order valence-electron chi connectivity index (χ4n) is 4.24. The van der Waals surface area contributed by atoms with Gasteiger partial charge in [-0.3, -0.25) is 9.59 Å². The fourth-order valence-corrected chi connectivity index (χ4v) is 4.36. The van der Waals surface area contributed by atoms with E-state index in [0.717, 1.165) is 0 Å². The molecule has 0 aromatic heterocycles. The van der Waals surface area contributed by atoms with Crippen LogP contribution in [0.2, 0.25) is 5.02 Å². The molecule has 1 fully saturated rings. The molecule has 1 saturated heterocycles. The first-order valence-electron chi connectivity index (χ1n) is 10.4.